The van der Waals surface area contributed by atoms with Crippen LogP contribution in [0.25, 0.3) is 0 Å². The first-order valence-electron chi connectivity index (χ1n) is 8.21. The van der Waals surface area contributed by atoms with Crippen LogP contribution in [0.1, 0.15) is 25.7 Å². The van der Waals surface area contributed by atoms with Crippen LogP contribution in [0.5, 0.6) is 0 Å². The first-order chi connectivity index (χ1) is 11.1. The molecule has 2 heterocycles. The number of fused-ring (bicyclic) bond motifs is 1. The smallest absolute Gasteiger partial charge is 0.329 e. The Morgan fingerprint density at radius 3 is 3.00 bits per heavy atom. The maximum atomic E-state index is 10.7. The number of carboxylic acids is 1. The molecule has 1 aliphatic carbocycles. The molecule has 3 atom stereocenters. The van der Waals surface area contributed by atoms with E-state index in [9.17, 15) is 4.79 Å². The molecule has 1 aliphatic heterocycles. The highest BCUT2D eigenvalue weighted by atomic mass is 16.5. The summed E-state index contributed by atoms with van der Waals surface area (Å²) in [6.45, 7) is 2.64. The van der Waals surface area contributed by atoms with Gasteiger partial charge in [-0.25, -0.2) is 9.78 Å². The van der Waals surface area contributed by atoms with Crippen molar-refractivity contribution in [2.24, 2.45) is 0 Å². The molecule has 1 aromatic rings. The van der Waals surface area contributed by atoms with Crippen LogP contribution < -0.4 is 0 Å². The second-order valence-electron chi connectivity index (χ2n) is 6.47. The zero-order valence-electron chi connectivity index (χ0n) is 13.6. The summed E-state index contributed by atoms with van der Waals surface area (Å²) in [6.07, 6.45) is 9.27. The maximum Gasteiger partial charge on any atom is 0.329 e. The van der Waals surface area contributed by atoms with E-state index in [2.05, 4.69) is 14.5 Å². The Labute approximate surface area is 136 Å². The highest BCUT2D eigenvalue weighted by molar-refractivity contribution is 5.68. The lowest BCUT2D eigenvalue weighted by molar-refractivity contribution is -0.148. The molecule has 3 rings (SSSR count). The zero-order chi connectivity index (χ0) is 16.3. The summed E-state index contributed by atoms with van der Waals surface area (Å²) in [4.78, 5) is 17.3. The predicted molar refractivity (Wildman–Crippen MR) is 83.2 cm³/mol. The molecule has 1 N–H and O–H groups in total. The zero-order valence-corrected chi connectivity index (χ0v) is 13.6. The molecule has 128 valence electrons. The number of nitrogens with zero attached hydrogens (tertiary/aromatic N) is 3. The van der Waals surface area contributed by atoms with Gasteiger partial charge in [-0.15, -0.1) is 0 Å². The molecular formula is C16H25N3O4. The number of ether oxygens (including phenoxy) is 2. The molecule has 0 amide bonds. The molecule has 0 bridgehead atoms. The number of rotatable bonds is 7. The van der Waals surface area contributed by atoms with E-state index >= 15 is 0 Å². The van der Waals surface area contributed by atoms with E-state index in [1.807, 2.05) is 12.5 Å². The first kappa shape index (κ1) is 16.4. The number of aliphatic carboxylic acids is 1. The lowest BCUT2D eigenvalue weighted by Gasteiger charge is -2.43. The molecule has 23 heavy (non-hydrogen) atoms. The summed E-state index contributed by atoms with van der Waals surface area (Å²) in [5, 5.41) is 8.80. The molecule has 1 saturated carbocycles. The fourth-order valence-electron chi connectivity index (χ4n) is 4.03. The fourth-order valence-corrected chi connectivity index (χ4v) is 4.03. The van der Waals surface area contributed by atoms with E-state index < -0.39 is 5.97 Å². The highest BCUT2D eigenvalue weighted by Gasteiger charge is 2.51. The van der Waals surface area contributed by atoms with Gasteiger partial charge in [0, 0.05) is 45.2 Å². The first-order valence-corrected chi connectivity index (χ1v) is 8.21. The van der Waals surface area contributed by atoms with E-state index in [1.165, 1.54) is 0 Å². The van der Waals surface area contributed by atoms with E-state index in [1.54, 1.807) is 13.3 Å². The molecule has 7 nitrogen and oxygen atoms in total. The molecule has 2 aliphatic rings. The average Bonchev–Trinajstić information content (AvgIpc) is 3.18. The number of aromatic nitrogens is 2. The average molecular weight is 323 g/mol. The quantitative estimate of drug-likeness (QED) is 0.806. The minimum atomic E-state index is -0.906. The number of methoxy groups -OCH3 is 1. The van der Waals surface area contributed by atoms with Gasteiger partial charge in [0.15, 0.2) is 0 Å². The Hall–Kier alpha value is -1.44. The van der Waals surface area contributed by atoms with Crippen molar-refractivity contribution in [3.8, 4) is 0 Å². The standard InChI is InChI=1S/C16H25N3O4/c1-22-16-3-2-13(23-11-15(20)21)10-14(16)19(6-4-16)9-8-18-7-5-17-12-18/h5,7,12-14H,2-4,6,8-11H2,1H3,(H,20,21)/t13-,14-,16+/m1/s1. The van der Waals surface area contributed by atoms with Crippen LogP contribution in [0.2, 0.25) is 0 Å². The number of imidazole rings is 1. The second kappa shape index (κ2) is 6.98. The Morgan fingerprint density at radius 1 is 1.43 bits per heavy atom. The molecule has 7 heteroatoms. The van der Waals surface area contributed by atoms with Crippen molar-refractivity contribution >= 4 is 5.97 Å². The topological polar surface area (TPSA) is 76.8 Å². The third kappa shape index (κ3) is 3.57. The van der Waals surface area contributed by atoms with Gasteiger partial charge in [-0.05, 0) is 25.7 Å². The summed E-state index contributed by atoms with van der Waals surface area (Å²) in [5.41, 5.74) is -0.0992. The van der Waals surface area contributed by atoms with E-state index in [4.69, 9.17) is 14.6 Å². The highest BCUT2D eigenvalue weighted by Crippen LogP contribution is 2.43. The summed E-state index contributed by atoms with van der Waals surface area (Å²) in [6, 6.07) is 0.295. The lowest BCUT2D eigenvalue weighted by Crippen LogP contribution is -2.52. The maximum absolute atomic E-state index is 10.7. The molecule has 0 aromatic carbocycles. The van der Waals surface area contributed by atoms with Gasteiger partial charge in [-0.3, -0.25) is 4.90 Å². The number of hydrogen-bond acceptors (Lipinski definition) is 5. The van der Waals surface area contributed by atoms with Crippen LogP contribution in [-0.4, -0.2) is 70.1 Å². The van der Waals surface area contributed by atoms with Gasteiger partial charge in [-0.1, -0.05) is 0 Å². The Kier molecular flexibility index (Phi) is 4.99. The molecule has 1 saturated heterocycles. The lowest BCUT2D eigenvalue weighted by atomic mass is 9.79. The van der Waals surface area contributed by atoms with Crippen molar-refractivity contribution in [2.45, 2.75) is 50.0 Å². The van der Waals surface area contributed by atoms with Crippen molar-refractivity contribution in [3.63, 3.8) is 0 Å². The van der Waals surface area contributed by atoms with Gasteiger partial charge in [-0.2, -0.15) is 0 Å². The van der Waals surface area contributed by atoms with Crippen molar-refractivity contribution in [1.29, 1.82) is 0 Å². The van der Waals surface area contributed by atoms with Crippen molar-refractivity contribution < 1.29 is 19.4 Å². The third-order valence-electron chi connectivity index (χ3n) is 5.30. The van der Waals surface area contributed by atoms with Crippen molar-refractivity contribution in [3.05, 3.63) is 18.7 Å². The van der Waals surface area contributed by atoms with Crippen LogP contribution in [0.3, 0.4) is 0 Å². The van der Waals surface area contributed by atoms with E-state index in [-0.39, 0.29) is 18.3 Å². The SMILES string of the molecule is CO[C@]12CC[C@@H](OCC(=O)O)C[C@H]1N(CCn1ccnc1)CC2. The Morgan fingerprint density at radius 2 is 2.30 bits per heavy atom. The summed E-state index contributed by atoms with van der Waals surface area (Å²) < 4.78 is 13.5. The van der Waals surface area contributed by atoms with Gasteiger partial charge < -0.3 is 19.1 Å². The van der Waals surface area contributed by atoms with Crippen LogP contribution in [0.15, 0.2) is 18.7 Å². The summed E-state index contributed by atoms with van der Waals surface area (Å²) in [5.74, 6) is -0.906. The molecule has 0 unspecified atom stereocenters. The summed E-state index contributed by atoms with van der Waals surface area (Å²) >= 11 is 0. The normalized spacial score (nSPS) is 31.2. The van der Waals surface area contributed by atoms with Crippen molar-refractivity contribution in [1.82, 2.24) is 14.5 Å². The molecule has 0 spiro atoms. The minimum absolute atomic E-state index is 0.00761. The molecular weight excluding hydrogens is 298 g/mol. The molecule has 2 fully saturated rings. The van der Waals surface area contributed by atoms with Crippen LogP contribution in [-0.2, 0) is 20.8 Å². The Balaban J connectivity index is 1.61. The summed E-state index contributed by atoms with van der Waals surface area (Å²) in [7, 11) is 1.80. The van der Waals surface area contributed by atoms with Gasteiger partial charge in [0.05, 0.1) is 18.0 Å². The van der Waals surface area contributed by atoms with E-state index in [0.29, 0.717) is 6.04 Å². The van der Waals surface area contributed by atoms with Gasteiger partial charge in [0.2, 0.25) is 0 Å². The monoisotopic (exact) mass is 323 g/mol. The van der Waals surface area contributed by atoms with Gasteiger partial charge >= 0.3 is 5.97 Å². The Bertz CT molecular complexity index is 521. The number of hydrogen-bond donors (Lipinski definition) is 1. The van der Waals surface area contributed by atoms with Crippen LogP contribution in [0.4, 0.5) is 0 Å². The third-order valence-corrected chi connectivity index (χ3v) is 5.30. The van der Waals surface area contributed by atoms with Crippen LogP contribution >= 0.6 is 0 Å². The second-order valence-corrected chi connectivity index (χ2v) is 6.47. The van der Waals surface area contributed by atoms with E-state index in [0.717, 1.165) is 45.3 Å². The van der Waals surface area contributed by atoms with Crippen molar-refractivity contribution in [2.75, 3.05) is 26.8 Å². The minimum Gasteiger partial charge on any atom is -0.480 e. The van der Waals surface area contributed by atoms with Gasteiger partial charge in [0.1, 0.15) is 6.61 Å². The van der Waals surface area contributed by atoms with Crippen LogP contribution in [0, 0.1) is 0 Å². The predicted octanol–water partition coefficient (Wildman–Crippen LogP) is 0.996. The number of likely N-dealkylation sites (tertiary alicyclic amines) is 1. The van der Waals surface area contributed by atoms with Gasteiger partial charge in [0.25, 0.3) is 0 Å². The fraction of sp³-hybridized carbons (Fsp3) is 0.750. The molecule has 0 radical (unpaired) electrons. The molecule has 1 aromatic heterocycles. The number of carboxylic acid groups (broad SMARTS) is 1. The number of carbonyl (C=O) groups is 1. The largest absolute Gasteiger partial charge is 0.480 e.